The molecule has 1 radical (unpaired) electrons. The second-order valence-corrected chi connectivity index (χ2v) is 4.01. The number of rotatable bonds is 4. The Labute approximate surface area is 107 Å². The van der Waals surface area contributed by atoms with Crippen molar-refractivity contribution in [3.8, 4) is 11.5 Å². The standard InChI is InChI=1S/C15H16NO2/c1-2-12-8-13(9-14(16)15(12)17)18-10-11-6-4-3-5-7-11/h2-9,17H,10,16H2,1H3. The third-order valence-electron chi connectivity index (χ3n) is 2.70. The summed E-state index contributed by atoms with van der Waals surface area (Å²) >= 11 is 0. The quantitative estimate of drug-likeness (QED) is 0.639. The van der Waals surface area contributed by atoms with Crippen LogP contribution in [0, 0.1) is 6.42 Å². The zero-order chi connectivity index (χ0) is 13.0. The predicted octanol–water partition coefficient (Wildman–Crippen LogP) is 3.13. The number of hydrogen-bond donors (Lipinski definition) is 2. The lowest BCUT2D eigenvalue weighted by Crippen LogP contribution is -1.97. The highest BCUT2D eigenvalue weighted by atomic mass is 16.5. The maximum absolute atomic E-state index is 9.70. The molecular formula is C15H16NO2. The zero-order valence-corrected chi connectivity index (χ0v) is 10.3. The van der Waals surface area contributed by atoms with Gasteiger partial charge in [-0.25, -0.2) is 0 Å². The Morgan fingerprint density at radius 3 is 2.61 bits per heavy atom. The third-order valence-corrected chi connectivity index (χ3v) is 2.70. The van der Waals surface area contributed by atoms with Gasteiger partial charge >= 0.3 is 0 Å². The molecule has 0 aliphatic rings. The molecule has 3 nitrogen and oxygen atoms in total. The van der Waals surface area contributed by atoms with Gasteiger partial charge < -0.3 is 15.6 Å². The van der Waals surface area contributed by atoms with Crippen LogP contribution in [0.15, 0.2) is 42.5 Å². The normalized spacial score (nSPS) is 10.3. The molecule has 0 bridgehead atoms. The van der Waals surface area contributed by atoms with Gasteiger partial charge in [-0.2, -0.15) is 0 Å². The molecule has 18 heavy (non-hydrogen) atoms. The first kappa shape index (κ1) is 12.3. The van der Waals surface area contributed by atoms with E-state index in [4.69, 9.17) is 10.5 Å². The first-order valence-electron chi connectivity index (χ1n) is 5.79. The van der Waals surface area contributed by atoms with E-state index in [2.05, 4.69) is 0 Å². The van der Waals surface area contributed by atoms with Gasteiger partial charge in [-0.3, -0.25) is 0 Å². The minimum Gasteiger partial charge on any atom is -0.505 e. The van der Waals surface area contributed by atoms with Crippen molar-refractivity contribution in [3.63, 3.8) is 0 Å². The van der Waals surface area contributed by atoms with Crippen molar-refractivity contribution in [2.75, 3.05) is 5.73 Å². The molecule has 0 aromatic heterocycles. The lowest BCUT2D eigenvalue weighted by molar-refractivity contribution is 0.305. The van der Waals surface area contributed by atoms with Crippen LogP contribution >= 0.6 is 0 Å². The van der Waals surface area contributed by atoms with E-state index in [0.717, 1.165) is 5.56 Å². The molecular weight excluding hydrogens is 226 g/mol. The molecule has 0 atom stereocenters. The van der Waals surface area contributed by atoms with Crippen molar-refractivity contribution >= 4 is 5.69 Å². The van der Waals surface area contributed by atoms with Crippen LogP contribution in [0.2, 0.25) is 0 Å². The molecule has 0 fully saturated rings. The summed E-state index contributed by atoms with van der Waals surface area (Å²) in [5.74, 6) is 0.756. The first-order valence-corrected chi connectivity index (χ1v) is 5.79. The molecule has 3 N–H and O–H groups in total. The van der Waals surface area contributed by atoms with Gasteiger partial charge in [0, 0.05) is 11.6 Å². The van der Waals surface area contributed by atoms with Crippen molar-refractivity contribution < 1.29 is 9.84 Å². The summed E-state index contributed by atoms with van der Waals surface area (Å²) in [6, 6.07) is 13.3. The molecule has 2 aromatic rings. The molecule has 0 amide bonds. The summed E-state index contributed by atoms with van der Waals surface area (Å²) in [4.78, 5) is 0. The Balaban J connectivity index is 2.13. The summed E-state index contributed by atoms with van der Waals surface area (Å²) in [7, 11) is 0. The van der Waals surface area contributed by atoms with Crippen LogP contribution < -0.4 is 10.5 Å². The average Bonchev–Trinajstić information content (AvgIpc) is 2.41. The Morgan fingerprint density at radius 2 is 1.94 bits per heavy atom. The number of phenols is 1. The molecule has 0 heterocycles. The fraction of sp³-hybridized carbons (Fsp3) is 0.133. The number of anilines is 1. The van der Waals surface area contributed by atoms with Gasteiger partial charge in [0.05, 0.1) is 5.69 Å². The van der Waals surface area contributed by atoms with Gasteiger partial charge in [0.2, 0.25) is 0 Å². The smallest absolute Gasteiger partial charge is 0.142 e. The van der Waals surface area contributed by atoms with Crippen LogP contribution in [0.3, 0.4) is 0 Å². The van der Waals surface area contributed by atoms with Crippen molar-refractivity contribution in [2.45, 2.75) is 13.5 Å². The van der Waals surface area contributed by atoms with E-state index >= 15 is 0 Å². The second kappa shape index (κ2) is 5.45. The second-order valence-electron chi connectivity index (χ2n) is 4.01. The molecule has 0 saturated heterocycles. The molecule has 0 saturated carbocycles. The summed E-state index contributed by atoms with van der Waals surface area (Å²) in [6.45, 7) is 2.32. The highest BCUT2D eigenvalue weighted by molar-refractivity contribution is 5.61. The van der Waals surface area contributed by atoms with Gasteiger partial charge in [-0.15, -0.1) is 0 Å². The number of ether oxygens (including phenoxy) is 1. The molecule has 0 aliphatic carbocycles. The molecule has 0 unspecified atom stereocenters. The van der Waals surface area contributed by atoms with E-state index in [1.165, 1.54) is 0 Å². The lowest BCUT2D eigenvalue weighted by Gasteiger charge is -2.11. The fourth-order valence-electron chi connectivity index (χ4n) is 1.70. The maximum Gasteiger partial charge on any atom is 0.142 e. The topological polar surface area (TPSA) is 55.5 Å². The van der Waals surface area contributed by atoms with Crippen LogP contribution in [0.4, 0.5) is 5.69 Å². The molecule has 2 rings (SSSR count). The Hall–Kier alpha value is -2.16. The largest absolute Gasteiger partial charge is 0.505 e. The summed E-state index contributed by atoms with van der Waals surface area (Å²) in [6.07, 6.45) is 1.79. The monoisotopic (exact) mass is 242 g/mol. The Kier molecular flexibility index (Phi) is 3.72. The SMILES string of the molecule is C[CH]c1cc(OCc2ccccc2)cc(N)c1O. The summed E-state index contributed by atoms with van der Waals surface area (Å²) in [5.41, 5.74) is 7.81. The first-order chi connectivity index (χ1) is 8.70. The molecule has 0 spiro atoms. The van der Waals surface area contributed by atoms with E-state index in [0.29, 0.717) is 23.6 Å². The van der Waals surface area contributed by atoms with E-state index in [9.17, 15) is 5.11 Å². The van der Waals surface area contributed by atoms with E-state index in [-0.39, 0.29) is 5.75 Å². The van der Waals surface area contributed by atoms with Gasteiger partial charge in [0.15, 0.2) is 0 Å². The van der Waals surface area contributed by atoms with Crippen molar-refractivity contribution in [1.29, 1.82) is 0 Å². The fourth-order valence-corrected chi connectivity index (χ4v) is 1.70. The number of nitrogens with two attached hydrogens (primary N) is 1. The number of benzene rings is 2. The predicted molar refractivity (Wildman–Crippen MR) is 72.4 cm³/mol. The zero-order valence-electron chi connectivity index (χ0n) is 10.3. The van der Waals surface area contributed by atoms with Crippen LogP contribution in [0.25, 0.3) is 0 Å². The number of phenolic OH excluding ortho intramolecular Hbond substituents is 1. The average molecular weight is 242 g/mol. The van der Waals surface area contributed by atoms with Crippen LogP contribution in [0.1, 0.15) is 18.1 Å². The van der Waals surface area contributed by atoms with Crippen molar-refractivity contribution in [1.82, 2.24) is 0 Å². The van der Waals surface area contributed by atoms with E-state index < -0.39 is 0 Å². The molecule has 2 aromatic carbocycles. The molecule has 3 heteroatoms. The summed E-state index contributed by atoms with van der Waals surface area (Å²) < 4.78 is 5.66. The minimum absolute atomic E-state index is 0.101. The van der Waals surface area contributed by atoms with Crippen molar-refractivity contribution in [2.24, 2.45) is 0 Å². The highest BCUT2D eigenvalue weighted by Gasteiger charge is 2.07. The molecule has 93 valence electrons. The van der Waals surface area contributed by atoms with Gasteiger partial charge in [0.1, 0.15) is 18.1 Å². The number of aromatic hydroxyl groups is 1. The highest BCUT2D eigenvalue weighted by Crippen LogP contribution is 2.31. The maximum atomic E-state index is 9.70. The molecule has 0 aliphatic heterocycles. The van der Waals surface area contributed by atoms with Gasteiger partial charge in [0.25, 0.3) is 0 Å². The van der Waals surface area contributed by atoms with Crippen LogP contribution in [-0.2, 0) is 6.61 Å². The Morgan fingerprint density at radius 1 is 1.22 bits per heavy atom. The van der Waals surface area contributed by atoms with E-state index in [1.807, 2.05) is 37.3 Å². The van der Waals surface area contributed by atoms with Gasteiger partial charge in [-0.1, -0.05) is 37.3 Å². The summed E-state index contributed by atoms with van der Waals surface area (Å²) in [5, 5.41) is 9.70. The van der Waals surface area contributed by atoms with E-state index in [1.54, 1.807) is 18.6 Å². The van der Waals surface area contributed by atoms with Gasteiger partial charge in [-0.05, 0) is 18.1 Å². The lowest BCUT2D eigenvalue weighted by atomic mass is 10.1. The number of nitrogen functional groups attached to an aromatic ring is 1. The van der Waals surface area contributed by atoms with Crippen molar-refractivity contribution in [3.05, 3.63) is 60.0 Å². The third kappa shape index (κ3) is 2.74. The number of hydrogen-bond acceptors (Lipinski definition) is 3. The Bertz CT molecular complexity index is 524. The van der Waals surface area contributed by atoms with Crippen LogP contribution in [0.5, 0.6) is 11.5 Å². The van der Waals surface area contributed by atoms with Crippen LogP contribution in [-0.4, -0.2) is 5.11 Å². The minimum atomic E-state index is 0.101.